The highest BCUT2D eigenvalue weighted by Gasteiger charge is 2.23. The van der Waals surface area contributed by atoms with Crippen LogP contribution in [0.4, 0.5) is 11.6 Å². The van der Waals surface area contributed by atoms with Crippen LogP contribution in [-0.2, 0) is 0 Å². The summed E-state index contributed by atoms with van der Waals surface area (Å²) in [6, 6.07) is 68.9. The zero-order valence-electron chi connectivity index (χ0n) is 32.3. The second-order valence-corrected chi connectivity index (χ2v) is 15.1. The van der Waals surface area contributed by atoms with Gasteiger partial charge in [-0.15, -0.1) is 0 Å². The Hall–Kier alpha value is -7.82. The van der Waals surface area contributed by atoms with Gasteiger partial charge in [-0.3, -0.25) is 0 Å². The molecule has 0 spiro atoms. The van der Waals surface area contributed by atoms with Gasteiger partial charge in [0.25, 0.3) is 0 Å². The first-order valence-electron chi connectivity index (χ1n) is 20.1. The molecule has 59 heavy (non-hydrogen) atoms. The van der Waals surface area contributed by atoms with Gasteiger partial charge in [0.2, 0.25) is 5.95 Å². The minimum absolute atomic E-state index is 0.573. The molecule has 0 N–H and O–H groups in total. The molecule has 2 aromatic heterocycles. The predicted molar refractivity (Wildman–Crippen MR) is 247 cm³/mol. The SMILES string of the molecule is C=C1c2ccccc2/C=C\CN(c2nc(-c3ccc(-c4ccccc4)cc3)c3ccccc3n2)c2ccc(-c3ccc4c(c3)c3ccccc3n4-c3ccccc3)cc21. The molecule has 1 aliphatic heterocycles. The van der Waals surface area contributed by atoms with E-state index in [1.807, 2.05) is 12.1 Å². The lowest BCUT2D eigenvalue weighted by molar-refractivity contribution is 1.01. The Morgan fingerprint density at radius 1 is 0.458 bits per heavy atom. The maximum Gasteiger partial charge on any atom is 0.231 e. The van der Waals surface area contributed by atoms with E-state index in [9.17, 15) is 0 Å². The summed E-state index contributed by atoms with van der Waals surface area (Å²) in [5, 5.41) is 3.46. The van der Waals surface area contributed by atoms with Crippen molar-refractivity contribution in [2.24, 2.45) is 0 Å². The van der Waals surface area contributed by atoms with Crippen molar-refractivity contribution in [1.82, 2.24) is 14.5 Å². The Morgan fingerprint density at radius 3 is 1.93 bits per heavy atom. The smallest absolute Gasteiger partial charge is 0.231 e. The number of fused-ring (bicyclic) bond motifs is 6. The normalized spacial score (nSPS) is 13.2. The largest absolute Gasteiger partial charge is 0.309 e. The van der Waals surface area contributed by atoms with E-state index in [-0.39, 0.29) is 0 Å². The van der Waals surface area contributed by atoms with Crippen LogP contribution >= 0.6 is 0 Å². The van der Waals surface area contributed by atoms with E-state index in [2.05, 4.69) is 204 Å². The van der Waals surface area contributed by atoms with Crippen LogP contribution in [0.5, 0.6) is 0 Å². The second kappa shape index (κ2) is 14.3. The zero-order chi connectivity index (χ0) is 39.3. The van der Waals surface area contributed by atoms with Crippen LogP contribution in [0.2, 0.25) is 0 Å². The van der Waals surface area contributed by atoms with Gasteiger partial charge in [0.15, 0.2) is 0 Å². The van der Waals surface area contributed by atoms with Crippen molar-refractivity contribution < 1.29 is 0 Å². The summed E-state index contributed by atoms with van der Waals surface area (Å²) in [5.74, 6) is 0.637. The third kappa shape index (κ3) is 6.01. The Labute approximate surface area is 343 Å². The lowest BCUT2D eigenvalue weighted by atomic mass is 9.91. The van der Waals surface area contributed by atoms with Crippen molar-refractivity contribution >= 4 is 56.0 Å². The molecule has 0 amide bonds. The molecule has 4 heteroatoms. The van der Waals surface area contributed by atoms with E-state index < -0.39 is 0 Å². The lowest BCUT2D eigenvalue weighted by Gasteiger charge is -2.26. The predicted octanol–water partition coefficient (Wildman–Crippen LogP) is 14.0. The molecular weight excluding hydrogens is 717 g/mol. The molecule has 8 aromatic carbocycles. The van der Waals surface area contributed by atoms with Gasteiger partial charge >= 0.3 is 0 Å². The average Bonchev–Trinajstić information content (AvgIpc) is 3.66. The highest BCUT2D eigenvalue weighted by atomic mass is 15.3. The highest BCUT2D eigenvalue weighted by Crippen LogP contribution is 2.42. The molecule has 1 aliphatic rings. The summed E-state index contributed by atoms with van der Waals surface area (Å²) in [4.78, 5) is 12.9. The number of rotatable bonds is 5. The van der Waals surface area contributed by atoms with Gasteiger partial charge < -0.3 is 9.47 Å². The molecule has 0 saturated carbocycles. The molecule has 4 nitrogen and oxygen atoms in total. The van der Waals surface area contributed by atoms with Crippen LogP contribution < -0.4 is 4.90 Å². The van der Waals surface area contributed by atoms with E-state index >= 15 is 0 Å². The van der Waals surface area contributed by atoms with Crippen molar-refractivity contribution in [3.8, 4) is 39.2 Å². The van der Waals surface area contributed by atoms with Gasteiger partial charge in [0.1, 0.15) is 0 Å². The first kappa shape index (κ1) is 34.4. The maximum absolute atomic E-state index is 5.39. The summed E-state index contributed by atoms with van der Waals surface area (Å²) >= 11 is 0. The number of nitrogens with zero attached hydrogens (tertiary/aromatic N) is 4. The fraction of sp³-hybridized carbons (Fsp3) is 0.0182. The Morgan fingerprint density at radius 2 is 1.08 bits per heavy atom. The van der Waals surface area contributed by atoms with Crippen molar-refractivity contribution in [2.45, 2.75) is 0 Å². The molecule has 0 fully saturated rings. The fourth-order valence-electron chi connectivity index (χ4n) is 8.69. The molecule has 3 heterocycles. The van der Waals surface area contributed by atoms with E-state index in [0.29, 0.717) is 12.5 Å². The minimum atomic E-state index is 0.573. The van der Waals surface area contributed by atoms with Gasteiger partial charge in [-0.2, -0.15) is 0 Å². The van der Waals surface area contributed by atoms with Crippen LogP contribution in [0, 0.1) is 0 Å². The number of hydrogen-bond acceptors (Lipinski definition) is 3. The van der Waals surface area contributed by atoms with Crippen LogP contribution in [0.15, 0.2) is 207 Å². The summed E-state index contributed by atoms with van der Waals surface area (Å²) in [7, 11) is 0. The van der Waals surface area contributed by atoms with Crippen LogP contribution in [0.25, 0.3) is 83.6 Å². The van der Waals surface area contributed by atoms with Gasteiger partial charge in [-0.25, -0.2) is 9.97 Å². The van der Waals surface area contributed by atoms with E-state index in [4.69, 9.17) is 16.5 Å². The Kier molecular flexibility index (Phi) is 8.34. The minimum Gasteiger partial charge on any atom is -0.309 e. The first-order valence-corrected chi connectivity index (χ1v) is 20.1. The fourth-order valence-corrected chi connectivity index (χ4v) is 8.69. The van der Waals surface area contributed by atoms with Crippen molar-refractivity contribution in [3.05, 3.63) is 223 Å². The second-order valence-electron chi connectivity index (χ2n) is 15.1. The standard InChI is InChI=1S/C55H38N4/c1-37-45-21-9-8-17-40(45)18-14-34-58(55-56-50-24-12-10-23-47(50)54(57-55)41-28-26-39(27-29-41)38-15-4-2-5-16-38)51-32-30-42(35-48(37)51)43-31-33-53-49(36-43)46-22-11-13-25-52(46)59(53)44-19-6-3-7-20-44/h2-33,35-36H,1,34H2/b18-14-. The monoisotopic (exact) mass is 754 g/mol. The number of benzene rings is 8. The van der Waals surface area contributed by atoms with E-state index in [0.717, 1.165) is 66.9 Å². The molecule has 0 radical (unpaired) electrons. The molecule has 10 aromatic rings. The third-order valence-electron chi connectivity index (χ3n) is 11.6. The van der Waals surface area contributed by atoms with E-state index in [1.165, 1.54) is 32.9 Å². The van der Waals surface area contributed by atoms with Crippen molar-refractivity contribution in [2.75, 3.05) is 11.4 Å². The maximum atomic E-state index is 5.39. The summed E-state index contributed by atoms with van der Waals surface area (Å²) < 4.78 is 2.36. The van der Waals surface area contributed by atoms with Gasteiger partial charge in [-0.05, 0) is 87.5 Å². The topological polar surface area (TPSA) is 34.0 Å². The molecule has 0 aliphatic carbocycles. The summed E-state index contributed by atoms with van der Waals surface area (Å²) in [6.07, 6.45) is 4.40. The number of aromatic nitrogens is 3. The summed E-state index contributed by atoms with van der Waals surface area (Å²) in [6.45, 7) is 5.35. The zero-order valence-corrected chi connectivity index (χ0v) is 32.3. The average molecular weight is 755 g/mol. The quantitative estimate of drug-likeness (QED) is 0.175. The number of para-hydroxylation sites is 3. The van der Waals surface area contributed by atoms with Gasteiger partial charge in [0, 0.05) is 39.5 Å². The molecule has 0 bridgehead atoms. The lowest BCUT2D eigenvalue weighted by Crippen LogP contribution is -2.21. The molecular formula is C55H38N4. The van der Waals surface area contributed by atoms with Crippen LogP contribution in [-0.4, -0.2) is 21.1 Å². The van der Waals surface area contributed by atoms with Crippen LogP contribution in [0.3, 0.4) is 0 Å². The number of hydrogen-bond donors (Lipinski definition) is 0. The number of anilines is 2. The molecule has 11 rings (SSSR count). The molecule has 0 atom stereocenters. The molecule has 0 saturated heterocycles. The van der Waals surface area contributed by atoms with Crippen molar-refractivity contribution in [3.63, 3.8) is 0 Å². The van der Waals surface area contributed by atoms with E-state index in [1.54, 1.807) is 0 Å². The third-order valence-corrected chi connectivity index (χ3v) is 11.6. The Bertz CT molecular complexity index is 3250. The van der Waals surface area contributed by atoms with Gasteiger partial charge in [-0.1, -0.05) is 164 Å². The molecule has 278 valence electrons. The van der Waals surface area contributed by atoms with Crippen LogP contribution in [0.1, 0.15) is 16.7 Å². The Balaban J connectivity index is 1.07. The van der Waals surface area contributed by atoms with Crippen molar-refractivity contribution in [1.29, 1.82) is 0 Å². The highest BCUT2D eigenvalue weighted by molar-refractivity contribution is 6.10. The first-order chi connectivity index (χ1) is 29.2. The summed E-state index contributed by atoms with van der Waals surface area (Å²) in [5.41, 5.74) is 16.2. The van der Waals surface area contributed by atoms with Gasteiger partial charge in [0.05, 0.1) is 27.9 Å². The molecule has 0 unspecified atom stereocenters.